The predicted octanol–water partition coefficient (Wildman–Crippen LogP) is 2.55. The number of aryl methyl sites for hydroxylation is 1. The Morgan fingerprint density at radius 3 is 2.56 bits per heavy atom. The van der Waals surface area contributed by atoms with E-state index in [-0.39, 0.29) is 0 Å². The fraction of sp³-hybridized carbons (Fsp3) is 0.571. The molecule has 1 aromatic rings. The largest absolute Gasteiger partial charge is 0.380 e. The molecule has 0 aromatic heterocycles. The molecule has 0 saturated heterocycles. The van der Waals surface area contributed by atoms with E-state index < -0.39 is 0 Å². The Kier molecular flexibility index (Phi) is 6.12. The highest BCUT2D eigenvalue weighted by Crippen LogP contribution is 2.03. The average molecular weight is 221 g/mol. The van der Waals surface area contributed by atoms with E-state index in [1.165, 1.54) is 11.1 Å². The van der Waals surface area contributed by atoms with E-state index in [4.69, 9.17) is 4.74 Å². The van der Waals surface area contributed by atoms with Gasteiger partial charge in [-0.3, -0.25) is 0 Å². The van der Waals surface area contributed by atoms with Gasteiger partial charge in [0, 0.05) is 12.6 Å². The van der Waals surface area contributed by atoms with Crippen molar-refractivity contribution in [1.82, 2.24) is 5.32 Å². The fourth-order valence-corrected chi connectivity index (χ4v) is 1.57. The van der Waals surface area contributed by atoms with Crippen LogP contribution in [0.5, 0.6) is 0 Å². The first-order valence-corrected chi connectivity index (χ1v) is 6.09. The third-order valence-electron chi connectivity index (χ3n) is 2.60. The first kappa shape index (κ1) is 13.2. The van der Waals surface area contributed by atoms with E-state index in [2.05, 4.69) is 43.4 Å². The van der Waals surface area contributed by atoms with Gasteiger partial charge in [0.05, 0.1) is 6.61 Å². The number of hydrogen-bond acceptors (Lipinski definition) is 2. The Labute approximate surface area is 99.0 Å². The first-order valence-electron chi connectivity index (χ1n) is 6.09. The average Bonchev–Trinajstić information content (AvgIpc) is 2.29. The van der Waals surface area contributed by atoms with Crippen molar-refractivity contribution in [3.63, 3.8) is 0 Å². The van der Waals surface area contributed by atoms with Gasteiger partial charge in [-0.25, -0.2) is 0 Å². The fourth-order valence-electron chi connectivity index (χ4n) is 1.57. The number of benzene rings is 1. The van der Waals surface area contributed by atoms with Gasteiger partial charge in [0.1, 0.15) is 0 Å². The van der Waals surface area contributed by atoms with Gasteiger partial charge in [0.2, 0.25) is 0 Å². The molecule has 0 radical (unpaired) electrons. The molecule has 1 aromatic carbocycles. The molecule has 0 amide bonds. The molecular formula is C14H23NO. The van der Waals surface area contributed by atoms with E-state index in [0.29, 0.717) is 6.04 Å². The third kappa shape index (κ3) is 5.29. The molecule has 1 rings (SSSR count). The quantitative estimate of drug-likeness (QED) is 0.764. The van der Waals surface area contributed by atoms with Gasteiger partial charge < -0.3 is 10.1 Å². The molecule has 0 aliphatic rings. The van der Waals surface area contributed by atoms with Gasteiger partial charge in [-0.2, -0.15) is 0 Å². The highest BCUT2D eigenvalue weighted by molar-refractivity contribution is 5.21. The lowest BCUT2D eigenvalue weighted by molar-refractivity contribution is 0.127. The minimum atomic E-state index is 0.436. The van der Waals surface area contributed by atoms with Crippen LogP contribution in [0.15, 0.2) is 24.3 Å². The Morgan fingerprint density at radius 1 is 1.25 bits per heavy atom. The van der Waals surface area contributed by atoms with Gasteiger partial charge >= 0.3 is 0 Å². The van der Waals surface area contributed by atoms with E-state index in [1.54, 1.807) is 0 Å². The van der Waals surface area contributed by atoms with Crippen molar-refractivity contribution in [3.05, 3.63) is 35.4 Å². The summed E-state index contributed by atoms with van der Waals surface area (Å²) in [6, 6.07) is 9.16. The minimum absolute atomic E-state index is 0.436. The van der Waals surface area contributed by atoms with Crippen LogP contribution in [0.4, 0.5) is 0 Å². The molecule has 0 fully saturated rings. The topological polar surface area (TPSA) is 21.3 Å². The first-order chi connectivity index (χ1) is 7.72. The molecule has 1 unspecified atom stereocenters. The number of hydrogen-bond donors (Lipinski definition) is 1. The standard InChI is InChI=1S/C14H23NO/c1-4-16-11-13(3)15-10-9-14-7-5-12(2)6-8-14/h5-8,13,15H,4,9-11H2,1-3H3. The van der Waals surface area contributed by atoms with Gasteiger partial charge in [0.15, 0.2) is 0 Å². The molecule has 2 heteroatoms. The molecule has 0 aliphatic heterocycles. The van der Waals surface area contributed by atoms with Crippen LogP contribution in [0.25, 0.3) is 0 Å². The molecule has 90 valence electrons. The van der Waals surface area contributed by atoms with Gasteiger partial charge in [-0.1, -0.05) is 29.8 Å². The van der Waals surface area contributed by atoms with Crippen molar-refractivity contribution in [2.45, 2.75) is 33.2 Å². The van der Waals surface area contributed by atoms with Crippen LogP contribution in [-0.4, -0.2) is 25.8 Å². The van der Waals surface area contributed by atoms with Crippen molar-refractivity contribution >= 4 is 0 Å². The summed E-state index contributed by atoms with van der Waals surface area (Å²) >= 11 is 0. The summed E-state index contributed by atoms with van der Waals surface area (Å²) in [5, 5.41) is 3.46. The van der Waals surface area contributed by atoms with E-state index >= 15 is 0 Å². The second-order valence-electron chi connectivity index (χ2n) is 4.25. The predicted molar refractivity (Wildman–Crippen MR) is 68.8 cm³/mol. The van der Waals surface area contributed by atoms with E-state index in [9.17, 15) is 0 Å². The highest BCUT2D eigenvalue weighted by atomic mass is 16.5. The summed E-state index contributed by atoms with van der Waals surface area (Å²) in [5.41, 5.74) is 2.71. The summed E-state index contributed by atoms with van der Waals surface area (Å²) < 4.78 is 5.35. The van der Waals surface area contributed by atoms with Crippen LogP contribution in [0.1, 0.15) is 25.0 Å². The van der Waals surface area contributed by atoms with Gasteiger partial charge in [0.25, 0.3) is 0 Å². The van der Waals surface area contributed by atoms with Gasteiger partial charge in [-0.15, -0.1) is 0 Å². The zero-order chi connectivity index (χ0) is 11.8. The Bertz CT molecular complexity index is 281. The van der Waals surface area contributed by atoms with Crippen LogP contribution in [-0.2, 0) is 11.2 Å². The van der Waals surface area contributed by atoms with Crippen molar-refractivity contribution in [1.29, 1.82) is 0 Å². The van der Waals surface area contributed by atoms with Crippen LogP contribution >= 0.6 is 0 Å². The number of rotatable bonds is 7. The lowest BCUT2D eigenvalue weighted by atomic mass is 10.1. The molecule has 1 atom stereocenters. The maximum Gasteiger partial charge on any atom is 0.0616 e. The second-order valence-corrected chi connectivity index (χ2v) is 4.25. The molecule has 0 spiro atoms. The van der Waals surface area contributed by atoms with Crippen LogP contribution in [0.3, 0.4) is 0 Å². The van der Waals surface area contributed by atoms with Crippen LogP contribution < -0.4 is 5.32 Å². The monoisotopic (exact) mass is 221 g/mol. The zero-order valence-corrected chi connectivity index (χ0v) is 10.6. The third-order valence-corrected chi connectivity index (χ3v) is 2.60. The van der Waals surface area contributed by atoms with Crippen molar-refractivity contribution < 1.29 is 4.74 Å². The Morgan fingerprint density at radius 2 is 1.94 bits per heavy atom. The molecule has 0 heterocycles. The maximum absolute atomic E-state index is 5.35. The lowest BCUT2D eigenvalue weighted by Gasteiger charge is -2.13. The van der Waals surface area contributed by atoms with Gasteiger partial charge in [-0.05, 0) is 39.3 Å². The van der Waals surface area contributed by atoms with Crippen molar-refractivity contribution in [3.8, 4) is 0 Å². The van der Waals surface area contributed by atoms with E-state index in [0.717, 1.165) is 26.2 Å². The van der Waals surface area contributed by atoms with Crippen LogP contribution in [0, 0.1) is 6.92 Å². The smallest absolute Gasteiger partial charge is 0.0616 e. The number of nitrogens with one attached hydrogen (secondary N) is 1. The summed E-state index contributed by atoms with van der Waals surface area (Å²) in [6.45, 7) is 8.90. The summed E-state index contributed by atoms with van der Waals surface area (Å²) in [6.07, 6.45) is 1.08. The lowest BCUT2D eigenvalue weighted by Crippen LogP contribution is -2.32. The molecule has 1 N–H and O–H groups in total. The molecule has 2 nitrogen and oxygen atoms in total. The maximum atomic E-state index is 5.35. The van der Waals surface area contributed by atoms with Crippen molar-refractivity contribution in [2.24, 2.45) is 0 Å². The molecule has 0 aliphatic carbocycles. The SMILES string of the molecule is CCOCC(C)NCCc1ccc(C)cc1. The molecule has 0 bridgehead atoms. The van der Waals surface area contributed by atoms with Crippen molar-refractivity contribution in [2.75, 3.05) is 19.8 Å². The molecular weight excluding hydrogens is 198 g/mol. The summed E-state index contributed by atoms with van der Waals surface area (Å²) in [5.74, 6) is 0. The van der Waals surface area contributed by atoms with Crippen LogP contribution in [0.2, 0.25) is 0 Å². The number of ether oxygens (including phenoxy) is 1. The molecule has 0 saturated carbocycles. The minimum Gasteiger partial charge on any atom is -0.380 e. The molecule has 16 heavy (non-hydrogen) atoms. The zero-order valence-electron chi connectivity index (χ0n) is 10.6. The Balaban J connectivity index is 2.17. The second kappa shape index (κ2) is 7.42. The van der Waals surface area contributed by atoms with E-state index in [1.807, 2.05) is 6.92 Å². The summed E-state index contributed by atoms with van der Waals surface area (Å²) in [7, 11) is 0. The summed E-state index contributed by atoms with van der Waals surface area (Å²) in [4.78, 5) is 0. The Hall–Kier alpha value is -0.860. The normalized spacial score (nSPS) is 12.7. The highest BCUT2D eigenvalue weighted by Gasteiger charge is 2.00.